The van der Waals surface area contributed by atoms with E-state index in [1.54, 1.807) is 4.90 Å². The summed E-state index contributed by atoms with van der Waals surface area (Å²) in [5, 5.41) is 0. The van der Waals surface area contributed by atoms with E-state index in [4.69, 9.17) is 4.74 Å². The first kappa shape index (κ1) is 19.6. The molecule has 2 heterocycles. The van der Waals surface area contributed by atoms with E-state index in [0.29, 0.717) is 39.1 Å². The molecular formula is C15H30N4O4S. The molecule has 0 unspecified atom stereocenters. The standard InChI is InChI=1S/C15H30N4O4S/c1-16(2)14-15(20)18-5-7-19(8-6-18)24(21,22)13-3-4-17-9-11-23-12-10-17/h3-14H2,1-2H3. The Labute approximate surface area is 145 Å². The van der Waals surface area contributed by atoms with Gasteiger partial charge in [0.05, 0.1) is 25.5 Å². The van der Waals surface area contributed by atoms with E-state index >= 15 is 0 Å². The van der Waals surface area contributed by atoms with Crippen LogP contribution in [0.15, 0.2) is 0 Å². The number of rotatable bonds is 7. The zero-order valence-corrected chi connectivity index (χ0v) is 15.6. The first-order valence-electron chi connectivity index (χ1n) is 8.59. The van der Waals surface area contributed by atoms with E-state index in [0.717, 1.165) is 32.8 Å². The Morgan fingerprint density at radius 2 is 1.67 bits per heavy atom. The molecule has 0 aromatic carbocycles. The van der Waals surface area contributed by atoms with E-state index in [1.165, 1.54) is 4.31 Å². The zero-order valence-electron chi connectivity index (χ0n) is 14.8. The van der Waals surface area contributed by atoms with Crippen molar-refractivity contribution < 1.29 is 17.9 Å². The average molecular weight is 362 g/mol. The summed E-state index contributed by atoms with van der Waals surface area (Å²) in [6, 6.07) is 0. The van der Waals surface area contributed by atoms with Crippen molar-refractivity contribution in [3.63, 3.8) is 0 Å². The Bertz CT molecular complexity index is 498. The molecule has 2 saturated heterocycles. The fourth-order valence-corrected chi connectivity index (χ4v) is 4.48. The molecule has 2 aliphatic heterocycles. The van der Waals surface area contributed by atoms with Gasteiger partial charge in [-0.15, -0.1) is 0 Å². The van der Waals surface area contributed by atoms with E-state index in [9.17, 15) is 13.2 Å². The van der Waals surface area contributed by atoms with Gasteiger partial charge in [0.15, 0.2) is 0 Å². The van der Waals surface area contributed by atoms with Gasteiger partial charge in [0.25, 0.3) is 0 Å². The van der Waals surface area contributed by atoms with Gasteiger partial charge in [-0.1, -0.05) is 0 Å². The molecule has 9 heteroatoms. The first-order valence-corrected chi connectivity index (χ1v) is 10.2. The molecule has 0 N–H and O–H groups in total. The van der Waals surface area contributed by atoms with Crippen LogP contribution in [0.4, 0.5) is 0 Å². The van der Waals surface area contributed by atoms with Gasteiger partial charge in [0, 0.05) is 39.3 Å². The first-order chi connectivity index (χ1) is 11.4. The topological polar surface area (TPSA) is 73.4 Å². The maximum absolute atomic E-state index is 12.5. The fourth-order valence-electron chi connectivity index (χ4n) is 3.01. The Hall–Kier alpha value is -0.740. The molecule has 24 heavy (non-hydrogen) atoms. The average Bonchev–Trinajstić information content (AvgIpc) is 2.55. The molecule has 0 bridgehead atoms. The number of morpholine rings is 1. The third-order valence-corrected chi connectivity index (χ3v) is 6.37. The van der Waals surface area contributed by atoms with Crippen LogP contribution in [0.1, 0.15) is 6.42 Å². The number of carbonyl (C=O) groups excluding carboxylic acids is 1. The second-order valence-corrected chi connectivity index (χ2v) is 8.73. The highest BCUT2D eigenvalue weighted by atomic mass is 32.2. The lowest BCUT2D eigenvalue weighted by Gasteiger charge is -2.34. The summed E-state index contributed by atoms with van der Waals surface area (Å²) in [7, 11) is 0.479. The molecule has 0 spiro atoms. The van der Waals surface area contributed by atoms with E-state index in [1.807, 2.05) is 19.0 Å². The van der Waals surface area contributed by atoms with Gasteiger partial charge in [0.1, 0.15) is 0 Å². The van der Waals surface area contributed by atoms with Gasteiger partial charge in [-0.2, -0.15) is 4.31 Å². The van der Waals surface area contributed by atoms with Crippen LogP contribution in [-0.4, -0.2) is 119 Å². The molecule has 0 atom stereocenters. The minimum Gasteiger partial charge on any atom is -0.379 e. The number of likely N-dealkylation sites (N-methyl/N-ethyl adjacent to an activating group) is 1. The molecule has 8 nitrogen and oxygen atoms in total. The summed E-state index contributed by atoms with van der Waals surface area (Å²) in [5.41, 5.74) is 0. The van der Waals surface area contributed by atoms with Gasteiger partial charge in [0.2, 0.25) is 15.9 Å². The van der Waals surface area contributed by atoms with Crippen molar-refractivity contribution in [1.29, 1.82) is 0 Å². The third kappa shape index (κ3) is 5.96. The third-order valence-electron chi connectivity index (χ3n) is 4.42. The van der Waals surface area contributed by atoms with Crippen LogP contribution >= 0.6 is 0 Å². The molecule has 0 aliphatic carbocycles. The van der Waals surface area contributed by atoms with Gasteiger partial charge < -0.3 is 14.5 Å². The quantitative estimate of drug-likeness (QED) is 0.563. The van der Waals surface area contributed by atoms with Gasteiger partial charge in [-0.3, -0.25) is 9.69 Å². The molecule has 140 valence electrons. The van der Waals surface area contributed by atoms with Crippen molar-refractivity contribution in [2.45, 2.75) is 6.42 Å². The summed E-state index contributed by atoms with van der Waals surface area (Å²) >= 11 is 0. The number of nitrogens with zero attached hydrogens (tertiary/aromatic N) is 4. The number of amides is 1. The lowest BCUT2D eigenvalue weighted by Crippen LogP contribution is -2.52. The molecule has 0 aromatic rings. The van der Waals surface area contributed by atoms with Crippen molar-refractivity contribution in [3.8, 4) is 0 Å². The molecule has 1 amide bonds. The van der Waals surface area contributed by atoms with Crippen molar-refractivity contribution in [2.24, 2.45) is 0 Å². The minimum absolute atomic E-state index is 0.0596. The van der Waals surface area contributed by atoms with Crippen molar-refractivity contribution in [3.05, 3.63) is 0 Å². The lowest BCUT2D eigenvalue weighted by molar-refractivity contribution is -0.133. The van der Waals surface area contributed by atoms with Crippen LogP contribution < -0.4 is 0 Å². The maximum atomic E-state index is 12.5. The molecule has 0 saturated carbocycles. The van der Waals surface area contributed by atoms with Gasteiger partial charge >= 0.3 is 0 Å². The normalized spacial score (nSPS) is 21.4. The second kappa shape index (κ2) is 9.10. The number of carbonyl (C=O) groups is 1. The molecule has 2 rings (SSSR count). The van der Waals surface area contributed by atoms with Gasteiger partial charge in [-0.05, 0) is 27.1 Å². The van der Waals surface area contributed by atoms with Crippen LogP contribution in [0.3, 0.4) is 0 Å². The fraction of sp³-hybridized carbons (Fsp3) is 0.933. The Balaban J connectivity index is 1.72. The van der Waals surface area contributed by atoms with E-state index in [-0.39, 0.29) is 11.7 Å². The second-order valence-electron chi connectivity index (χ2n) is 6.64. The van der Waals surface area contributed by atoms with Crippen LogP contribution in [0.2, 0.25) is 0 Å². The molecule has 0 radical (unpaired) electrons. The summed E-state index contributed by atoms with van der Waals surface area (Å²) in [4.78, 5) is 17.8. The molecule has 2 aliphatic rings. The zero-order chi connectivity index (χ0) is 17.6. The number of hydrogen-bond donors (Lipinski definition) is 0. The Morgan fingerprint density at radius 3 is 2.25 bits per heavy atom. The summed E-state index contributed by atoms with van der Waals surface area (Å²) in [5.74, 6) is 0.236. The van der Waals surface area contributed by atoms with Crippen molar-refractivity contribution in [1.82, 2.24) is 19.0 Å². The Kier molecular flexibility index (Phi) is 7.42. The van der Waals surface area contributed by atoms with Gasteiger partial charge in [-0.25, -0.2) is 8.42 Å². The van der Waals surface area contributed by atoms with E-state index in [2.05, 4.69) is 4.90 Å². The smallest absolute Gasteiger partial charge is 0.236 e. The lowest BCUT2D eigenvalue weighted by atomic mass is 10.3. The van der Waals surface area contributed by atoms with Crippen LogP contribution in [0.25, 0.3) is 0 Å². The van der Waals surface area contributed by atoms with Crippen molar-refractivity contribution in [2.75, 3.05) is 85.4 Å². The predicted molar refractivity (Wildman–Crippen MR) is 92.4 cm³/mol. The Morgan fingerprint density at radius 1 is 1.04 bits per heavy atom. The summed E-state index contributed by atoms with van der Waals surface area (Å²) in [6.07, 6.45) is 0.641. The number of ether oxygens (including phenoxy) is 1. The van der Waals surface area contributed by atoms with Crippen LogP contribution in [0, 0.1) is 0 Å². The number of sulfonamides is 1. The molecule has 0 aromatic heterocycles. The SMILES string of the molecule is CN(C)CC(=O)N1CCN(S(=O)(=O)CCCN2CCOCC2)CC1. The monoisotopic (exact) mass is 362 g/mol. The number of hydrogen-bond acceptors (Lipinski definition) is 6. The summed E-state index contributed by atoms with van der Waals surface area (Å²) in [6.45, 7) is 6.16. The van der Waals surface area contributed by atoms with Crippen LogP contribution in [-0.2, 0) is 19.6 Å². The van der Waals surface area contributed by atoms with E-state index < -0.39 is 10.0 Å². The predicted octanol–water partition coefficient (Wildman–Crippen LogP) is -1.26. The molecule has 2 fully saturated rings. The highest BCUT2D eigenvalue weighted by Crippen LogP contribution is 2.10. The summed E-state index contributed by atoms with van der Waals surface area (Å²) < 4.78 is 31.7. The highest BCUT2D eigenvalue weighted by molar-refractivity contribution is 7.89. The highest BCUT2D eigenvalue weighted by Gasteiger charge is 2.28. The maximum Gasteiger partial charge on any atom is 0.236 e. The molecular weight excluding hydrogens is 332 g/mol. The van der Waals surface area contributed by atoms with Crippen molar-refractivity contribution >= 4 is 15.9 Å². The van der Waals surface area contributed by atoms with Crippen LogP contribution in [0.5, 0.6) is 0 Å². The largest absolute Gasteiger partial charge is 0.379 e. The number of piperazine rings is 1. The minimum atomic E-state index is -3.23.